The molecular formula is C18H28ClN3OS. The van der Waals surface area contributed by atoms with Gasteiger partial charge in [-0.05, 0) is 37.8 Å². The highest BCUT2D eigenvalue weighted by molar-refractivity contribution is 7.99. The topological polar surface area (TPSA) is 45.2 Å². The van der Waals surface area contributed by atoms with E-state index in [0.29, 0.717) is 6.04 Å². The molecule has 2 heterocycles. The van der Waals surface area contributed by atoms with Crippen LogP contribution in [-0.4, -0.2) is 47.2 Å². The minimum absolute atomic E-state index is 0. The Morgan fingerprint density at radius 2 is 2.17 bits per heavy atom. The van der Waals surface area contributed by atoms with Gasteiger partial charge < -0.3 is 10.2 Å². The SMILES string of the molecule is C[C@@H]1CN(C(=O)c2cccnc2SCC2CCCCC2)CCN1.Cl. The molecule has 1 amide bonds. The summed E-state index contributed by atoms with van der Waals surface area (Å²) < 4.78 is 0. The quantitative estimate of drug-likeness (QED) is 0.823. The molecule has 3 rings (SSSR count). The smallest absolute Gasteiger partial charge is 0.256 e. The monoisotopic (exact) mass is 369 g/mol. The maximum atomic E-state index is 12.9. The molecule has 4 nitrogen and oxygen atoms in total. The van der Waals surface area contributed by atoms with Gasteiger partial charge in [0.05, 0.1) is 5.56 Å². The predicted octanol–water partition coefficient (Wildman–Crippen LogP) is 3.61. The average Bonchev–Trinajstić information content (AvgIpc) is 2.60. The lowest BCUT2D eigenvalue weighted by molar-refractivity contribution is 0.0704. The van der Waals surface area contributed by atoms with Crippen LogP contribution >= 0.6 is 24.2 Å². The molecule has 2 aliphatic rings. The summed E-state index contributed by atoms with van der Waals surface area (Å²) in [5.74, 6) is 2.02. The van der Waals surface area contributed by atoms with Crippen molar-refractivity contribution in [1.82, 2.24) is 15.2 Å². The summed E-state index contributed by atoms with van der Waals surface area (Å²) in [6, 6.07) is 4.18. The lowest BCUT2D eigenvalue weighted by Gasteiger charge is -2.32. The van der Waals surface area contributed by atoms with Gasteiger partial charge in [-0.25, -0.2) is 4.98 Å². The number of nitrogens with one attached hydrogen (secondary N) is 1. The summed E-state index contributed by atoms with van der Waals surface area (Å²) >= 11 is 1.77. The normalized spacial score (nSPS) is 22.0. The number of hydrogen-bond donors (Lipinski definition) is 1. The maximum Gasteiger partial charge on any atom is 0.256 e. The van der Waals surface area contributed by atoms with Crippen molar-refractivity contribution in [2.45, 2.75) is 50.1 Å². The third kappa shape index (κ3) is 5.11. The van der Waals surface area contributed by atoms with Gasteiger partial charge in [-0.15, -0.1) is 24.2 Å². The van der Waals surface area contributed by atoms with E-state index in [9.17, 15) is 4.79 Å². The number of halogens is 1. The van der Waals surface area contributed by atoms with Crippen molar-refractivity contribution in [1.29, 1.82) is 0 Å². The second kappa shape index (κ2) is 9.64. The van der Waals surface area contributed by atoms with E-state index in [2.05, 4.69) is 17.2 Å². The maximum absolute atomic E-state index is 12.9. The van der Waals surface area contributed by atoms with Crippen LogP contribution in [0, 0.1) is 5.92 Å². The average molecular weight is 370 g/mol. The molecule has 0 aromatic carbocycles. The van der Waals surface area contributed by atoms with Gasteiger partial charge in [-0.1, -0.05) is 19.3 Å². The number of pyridine rings is 1. The Bertz CT molecular complexity index is 537. The Hall–Kier alpha value is -0.780. The molecule has 1 atom stereocenters. The Balaban J connectivity index is 0.00000208. The van der Waals surface area contributed by atoms with Crippen molar-refractivity contribution in [2.24, 2.45) is 5.92 Å². The van der Waals surface area contributed by atoms with Gasteiger partial charge in [0.15, 0.2) is 0 Å². The molecule has 1 aromatic rings. The van der Waals surface area contributed by atoms with Crippen LogP contribution in [0.15, 0.2) is 23.4 Å². The van der Waals surface area contributed by atoms with Crippen LogP contribution in [0.5, 0.6) is 0 Å². The predicted molar refractivity (Wildman–Crippen MR) is 102 cm³/mol. The molecule has 1 N–H and O–H groups in total. The first-order chi connectivity index (χ1) is 11.2. The molecule has 1 saturated carbocycles. The molecule has 1 saturated heterocycles. The molecule has 1 aromatic heterocycles. The zero-order chi connectivity index (χ0) is 16.1. The van der Waals surface area contributed by atoms with Gasteiger partial charge in [0.25, 0.3) is 5.91 Å². The van der Waals surface area contributed by atoms with Crippen LogP contribution in [0.3, 0.4) is 0 Å². The fraction of sp³-hybridized carbons (Fsp3) is 0.667. The fourth-order valence-corrected chi connectivity index (χ4v) is 4.68. The molecule has 1 aliphatic heterocycles. The highest BCUT2D eigenvalue weighted by Gasteiger charge is 2.24. The first-order valence-corrected chi connectivity index (χ1v) is 9.83. The van der Waals surface area contributed by atoms with Crippen molar-refractivity contribution in [3.8, 4) is 0 Å². The first-order valence-electron chi connectivity index (χ1n) is 8.84. The summed E-state index contributed by atoms with van der Waals surface area (Å²) in [5.41, 5.74) is 0.780. The minimum atomic E-state index is 0. The Labute approximate surface area is 155 Å². The van der Waals surface area contributed by atoms with Gasteiger partial charge in [0.2, 0.25) is 0 Å². The third-order valence-electron chi connectivity index (χ3n) is 4.84. The van der Waals surface area contributed by atoms with Crippen molar-refractivity contribution in [3.05, 3.63) is 23.9 Å². The molecule has 134 valence electrons. The molecular weight excluding hydrogens is 342 g/mol. The van der Waals surface area contributed by atoms with Gasteiger partial charge in [-0.3, -0.25) is 4.79 Å². The number of nitrogens with zero attached hydrogens (tertiary/aromatic N) is 2. The number of aromatic nitrogens is 1. The van der Waals surface area contributed by atoms with Gasteiger partial charge in [0.1, 0.15) is 5.03 Å². The first kappa shape index (κ1) is 19.5. The molecule has 0 unspecified atom stereocenters. The lowest BCUT2D eigenvalue weighted by Crippen LogP contribution is -2.51. The van der Waals surface area contributed by atoms with E-state index in [0.717, 1.165) is 41.9 Å². The molecule has 2 fully saturated rings. The number of hydrogen-bond acceptors (Lipinski definition) is 4. The molecule has 0 spiro atoms. The Morgan fingerprint density at radius 1 is 1.38 bits per heavy atom. The second-order valence-corrected chi connectivity index (χ2v) is 7.79. The zero-order valence-corrected chi connectivity index (χ0v) is 16.0. The number of carbonyl (C=O) groups excluding carboxylic acids is 1. The highest BCUT2D eigenvalue weighted by Crippen LogP contribution is 2.30. The summed E-state index contributed by atoms with van der Waals surface area (Å²) in [6.07, 6.45) is 8.57. The van der Waals surface area contributed by atoms with E-state index in [1.165, 1.54) is 32.1 Å². The second-order valence-electron chi connectivity index (χ2n) is 6.78. The number of thioether (sulfide) groups is 1. The van der Waals surface area contributed by atoms with E-state index in [1.807, 2.05) is 17.0 Å². The van der Waals surface area contributed by atoms with Crippen LogP contribution in [0.4, 0.5) is 0 Å². The number of piperazine rings is 1. The summed E-state index contributed by atoms with van der Waals surface area (Å²) in [6.45, 7) is 4.56. The fourth-order valence-electron chi connectivity index (χ4n) is 3.51. The summed E-state index contributed by atoms with van der Waals surface area (Å²) in [5, 5.41) is 4.30. The summed E-state index contributed by atoms with van der Waals surface area (Å²) in [7, 11) is 0. The van der Waals surface area contributed by atoms with Crippen LogP contribution < -0.4 is 5.32 Å². The third-order valence-corrected chi connectivity index (χ3v) is 6.07. The van der Waals surface area contributed by atoms with Gasteiger partial charge >= 0.3 is 0 Å². The summed E-state index contributed by atoms with van der Waals surface area (Å²) in [4.78, 5) is 19.3. The van der Waals surface area contributed by atoms with E-state index < -0.39 is 0 Å². The van der Waals surface area contributed by atoms with Gasteiger partial charge in [0, 0.05) is 37.6 Å². The largest absolute Gasteiger partial charge is 0.336 e. The van der Waals surface area contributed by atoms with Crippen LogP contribution in [0.1, 0.15) is 49.4 Å². The minimum Gasteiger partial charge on any atom is -0.336 e. The van der Waals surface area contributed by atoms with Crippen LogP contribution in [0.2, 0.25) is 0 Å². The van der Waals surface area contributed by atoms with Crippen LogP contribution in [0.25, 0.3) is 0 Å². The van der Waals surface area contributed by atoms with E-state index in [-0.39, 0.29) is 18.3 Å². The molecule has 6 heteroatoms. The Kier molecular flexibility index (Phi) is 7.85. The van der Waals surface area contributed by atoms with Crippen LogP contribution in [-0.2, 0) is 0 Å². The van der Waals surface area contributed by atoms with Crippen molar-refractivity contribution < 1.29 is 4.79 Å². The van der Waals surface area contributed by atoms with E-state index >= 15 is 0 Å². The van der Waals surface area contributed by atoms with Crippen molar-refractivity contribution in [2.75, 3.05) is 25.4 Å². The standard InChI is InChI=1S/C18H27N3OS.ClH/c1-14-12-21(11-10-19-14)18(22)16-8-5-9-20-17(16)23-13-15-6-3-2-4-7-15;/h5,8-9,14-15,19H,2-4,6-7,10-13H2,1H3;1H/t14-;/m1./s1. The van der Waals surface area contributed by atoms with E-state index in [4.69, 9.17) is 0 Å². The number of amides is 1. The van der Waals surface area contributed by atoms with Crippen molar-refractivity contribution >= 4 is 30.1 Å². The Morgan fingerprint density at radius 3 is 2.92 bits per heavy atom. The van der Waals surface area contributed by atoms with E-state index in [1.54, 1.807) is 18.0 Å². The molecule has 24 heavy (non-hydrogen) atoms. The van der Waals surface area contributed by atoms with Crippen molar-refractivity contribution in [3.63, 3.8) is 0 Å². The number of carbonyl (C=O) groups is 1. The molecule has 0 radical (unpaired) electrons. The number of rotatable bonds is 4. The van der Waals surface area contributed by atoms with Gasteiger partial charge in [-0.2, -0.15) is 0 Å². The lowest BCUT2D eigenvalue weighted by atomic mass is 9.91. The molecule has 1 aliphatic carbocycles. The molecule has 0 bridgehead atoms. The highest BCUT2D eigenvalue weighted by atomic mass is 35.5. The zero-order valence-electron chi connectivity index (χ0n) is 14.4.